The number of phenols is 2. The molecule has 0 spiro atoms. The number of amides is 2. The minimum Gasteiger partial charge on any atom is -0.504 e. The van der Waals surface area contributed by atoms with E-state index in [1.54, 1.807) is 0 Å². The van der Waals surface area contributed by atoms with Crippen LogP contribution in [0.5, 0.6) is 11.5 Å². The second-order valence-electron chi connectivity index (χ2n) is 6.29. The Morgan fingerprint density at radius 1 is 1.22 bits per heavy atom. The SMILES string of the molecule is CCCC(CC)CN1C(=O)SC(=Cc2cc(O)c(O)c(C(F)(F)F)c2)C1=O. The summed E-state index contributed by atoms with van der Waals surface area (Å²) >= 11 is 0.644. The van der Waals surface area contributed by atoms with Crippen molar-refractivity contribution in [1.82, 2.24) is 4.90 Å². The molecule has 0 aromatic heterocycles. The second-order valence-corrected chi connectivity index (χ2v) is 7.28. The number of hydrogen-bond donors (Lipinski definition) is 2. The van der Waals surface area contributed by atoms with Gasteiger partial charge in [0, 0.05) is 6.54 Å². The summed E-state index contributed by atoms with van der Waals surface area (Å²) in [6.07, 6.45) is -1.19. The second kappa shape index (κ2) is 8.24. The Hall–Kier alpha value is -2.16. The Bertz CT molecular complexity index is 777. The van der Waals surface area contributed by atoms with E-state index >= 15 is 0 Å². The van der Waals surface area contributed by atoms with Crippen LogP contribution < -0.4 is 0 Å². The molecule has 1 heterocycles. The first kappa shape index (κ1) is 21.1. The van der Waals surface area contributed by atoms with E-state index in [1.807, 2.05) is 13.8 Å². The van der Waals surface area contributed by atoms with Gasteiger partial charge in [0.25, 0.3) is 11.1 Å². The summed E-state index contributed by atoms with van der Waals surface area (Å²) in [5.74, 6) is -2.64. The summed E-state index contributed by atoms with van der Waals surface area (Å²) in [6, 6.07) is 1.53. The molecular formula is C18H20F3NO4S. The summed E-state index contributed by atoms with van der Waals surface area (Å²) in [6.45, 7) is 4.24. The number of benzene rings is 1. The largest absolute Gasteiger partial charge is 0.504 e. The van der Waals surface area contributed by atoms with Crippen LogP contribution in [0.15, 0.2) is 17.0 Å². The number of hydrogen-bond acceptors (Lipinski definition) is 5. The fraction of sp³-hybridized carbons (Fsp3) is 0.444. The molecular weight excluding hydrogens is 383 g/mol. The molecule has 1 atom stereocenters. The summed E-state index contributed by atoms with van der Waals surface area (Å²) in [5, 5.41) is 18.5. The van der Waals surface area contributed by atoms with Crippen LogP contribution in [-0.2, 0) is 11.0 Å². The van der Waals surface area contributed by atoms with E-state index in [4.69, 9.17) is 0 Å². The highest BCUT2D eigenvalue weighted by molar-refractivity contribution is 8.18. The number of carbonyl (C=O) groups excluding carboxylic acids is 2. The van der Waals surface area contributed by atoms with Crippen LogP contribution in [0.4, 0.5) is 18.0 Å². The highest BCUT2D eigenvalue weighted by atomic mass is 32.2. The first-order valence-electron chi connectivity index (χ1n) is 8.47. The van der Waals surface area contributed by atoms with Gasteiger partial charge < -0.3 is 10.2 Å². The van der Waals surface area contributed by atoms with E-state index in [0.29, 0.717) is 17.8 Å². The maximum Gasteiger partial charge on any atom is 0.420 e. The predicted octanol–water partition coefficient (Wildman–Crippen LogP) is 4.98. The lowest BCUT2D eigenvalue weighted by atomic mass is 10.0. The number of nitrogens with zero attached hydrogens (tertiary/aromatic N) is 1. The number of phenolic OH excluding ortho intramolecular Hbond substituents is 2. The number of halogens is 3. The highest BCUT2D eigenvalue weighted by Gasteiger charge is 2.37. The molecule has 1 aromatic carbocycles. The molecule has 0 radical (unpaired) electrons. The Balaban J connectivity index is 2.31. The number of aromatic hydroxyl groups is 2. The lowest BCUT2D eigenvalue weighted by molar-refractivity contribution is -0.139. The Morgan fingerprint density at radius 3 is 2.44 bits per heavy atom. The van der Waals surface area contributed by atoms with E-state index in [1.165, 1.54) is 0 Å². The molecule has 1 saturated heterocycles. The summed E-state index contributed by atoms with van der Waals surface area (Å²) < 4.78 is 38.9. The van der Waals surface area contributed by atoms with Crippen molar-refractivity contribution < 1.29 is 33.0 Å². The molecule has 1 aromatic rings. The number of imide groups is 1. The average Bonchev–Trinajstić information content (AvgIpc) is 2.83. The molecule has 9 heteroatoms. The standard InChI is InChI=1S/C18H20F3NO4S/c1-3-5-10(4-2)9-22-16(25)14(27-17(22)26)8-11-6-12(18(19,20)21)15(24)13(23)7-11/h6-8,10,23-24H,3-5,9H2,1-2H3. The zero-order valence-electron chi connectivity index (χ0n) is 14.8. The molecule has 27 heavy (non-hydrogen) atoms. The van der Waals surface area contributed by atoms with Gasteiger partial charge in [0.05, 0.1) is 4.91 Å². The molecule has 148 valence electrons. The molecule has 1 aliphatic rings. The van der Waals surface area contributed by atoms with Gasteiger partial charge in [-0.25, -0.2) is 0 Å². The van der Waals surface area contributed by atoms with Crippen LogP contribution in [-0.4, -0.2) is 32.8 Å². The van der Waals surface area contributed by atoms with Crippen LogP contribution in [0.25, 0.3) is 6.08 Å². The highest BCUT2D eigenvalue weighted by Crippen LogP contribution is 2.42. The average molecular weight is 403 g/mol. The summed E-state index contributed by atoms with van der Waals surface area (Å²) in [7, 11) is 0. The van der Waals surface area contributed by atoms with Gasteiger partial charge in [-0.15, -0.1) is 0 Å². The van der Waals surface area contributed by atoms with E-state index in [9.17, 15) is 33.0 Å². The molecule has 2 rings (SSSR count). The predicted molar refractivity (Wildman–Crippen MR) is 96.1 cm³/mol. The van der Waals surface area contributed by atoms with E-state index in [2.05, 4.69) is 0 Å². The van der Waals surface area contributed by atoms with E-state index in [0.717, 1.165) is 36.3 Å². The number of thioether (sulfide) groups is 1. The topological polar surface area (TPSA) is 77.8 Å². The lowest BCUT2D eigenvalue weighted by Crippen LogP contribution is -2.33. The minimum atomic E-state index is -4.88. The van der Waals surface area contributed by atoms with Crippen LogP contribution in [0, 0.1) is 5.92 Å². The van der Waals surface area contributed by atoms with Crippen LogP contribution in [0.1, 0.15) is 44.2 Å². The van der Waals surface area contributed by atoms with Gasteiger partial charge in [0.1, 0.15) is 5.56 Å². The van der Waals surface area contributed by atoms with Gasteiger partial charge in [-0.3, -0.25) is 14.5 Å². The van der Waals surface area contributed by atoms with Crippen molar-refractivity contribution in [3.63, 3.8) is 0 Å². The van der Waals surface area contributed by atoms with Crippen molar-refractivity contribution in [2.24, 2.45) is 5.92 Å². The molecule has 0 aliphatic carbocycles. The molecule has 0 saturated carbocycles. The Kier molecular flexibility index (Phi) is 6.46. The van der Waals surface area contributed by atoms with E-state index < -0.39 is 34.4 Å². The third-order valence-corrected chi connectivity index (χ3v) is 5.21. The summed E-state index contributed by atoms with van der Waals surface area (Å²) in [5.41, 5.74) is -1.55. The first-order chi connectivity index (χ1) is 12.6. The lowest BCUT2D eigenvalue weighted by Gasteiger charge is -2.20. The zero-order chi connectivity index (χ0) is 20.4. The summed E-state index contributed by atoms with van der Waals surface area (Å²) in [4.78, 5) is 25.7. The van der Waals surface area contributed by atoms with Crippen molar-refractivity contribution in [3.05, 3.63) is 28.2 Å². The van der Waals surface area contributed by atoms with Gasteiger partial charge in [-0.05, 0) is 47.9 Å². The Labute approximate surface area is 158 Å². The normalized spacial score (nSPS) is 17.8. The maximum atomic E-state index is 13.0. The third-order valence-electron chi connectivity index (χ3n) is 4.30. The van der Waals surface area contributed by atoms with Crippen molar-refractivity contribution in [3.8, 4) is 11.5 Å². The quantitative estimate of drug-likeness (QED) is 0.517. The molecule has 1 aliphatic heterocycles. The number of alkyl halides is 3. The molecule has 2 N–H and O–H groups in total. The van der Waals surface area contributed by atoms with Gasteiger partial charge >= 0.3 is 6.18 Å². The van der Waals surface area contributed by atoms with Crippen molar-refractivity contribution >= 4 is 29.0 Å². The monoisotopic (exact) mass is 403 g/mol. The van der Waals surface area contributed by atoms with Crippen LogP contribution >= 0.6 is 11.8 Å². The Morgan fingerprint density at radius 2 is 1.89 bits per heavy atom. The van der Waals surface area contributed by atoms with Crippen molar-refractivity contribution in [2.75, 3.05) is 6.54 Å². The molecule has 2 amide bonds. The van der Waals surface area contributed by atoms with Gasteiger partial charge in [0.2, 0.25) is 0 Å². The van der Waals surface area contributed by atoms with Crippen LogP contribution in [0.2, 0.25) is 0 Å². The molecule has 5 nitrogen and oxygen atoms in total. The number of rotatable bonds is 6. The molecule has 1 fully saturated rings. The minimum absolute atomic E-state index is 0.0236. The third kappa shape index (κ3) is 4.77. The fourth-order valence-electron chi connectivity index (χ4n) is 2.84. The molecule has 0 bridgehead atoms. The zero-order valence-corrected chi connectivity index (χ0v) is 15.7. The van der Waals surface area contributed by atoms with Crippen molar-refractivity contribution in [1.29, 1.82) is 0 Å². The van der Waals surface area contributed by atoms with E-state index in [-0.39, 0.29) is 22.9 Å². The van der Waals surface area contributed by atoms with Crippen molar-refractivity contribution in [2.45, 2.75) is 39.3 Å². The smallest absolute Gasteiger partial charge is 0.420 e. The fourth-order valence-corrected chi connectivity index (χ4v) is 3.69. The maximum absolute atomic E-state index is 13.0. The van der Waals surface area contributed by atoms with Crippen LogP contribution in [0.3, 0.4) is 0 Å². The van der Waals surface area contributed by atoms with Gasteiger partial charge in [0.15, 0.2) is 11.5 Å². The number of carbonyl (C=O) groups is 2. The van der Waals surface area contributed by atoms with Gasteiger partial charge in [-0.2, -0.15) is 13.2 Å². The first-order valence-corrected chi connectivity index (χ1v) is 9.28. The molecule has 1 unspecified atom stereocenters. The van der Waals surface area contributed by atoms with Gasteiger partial charge in [-0.1, -0.05) is 26.7 Å².